The lowest BCUT2D eigenvalue weighted by Crippen LogP contribution is -2.30. The zero-order valence-electron chi connectivity index (χ0n) is 8.45. The lowest BCUT2D eigenvalue weighted by atomic mass is 10.2. The molecule has 3 rings (SSSR count). The summed E-state index contributed by atoms with van der Waals surface area (Å²) in [5.74, 6) is -0.209. The highest BCUT2D eigenvalue weighted by atomic mass is 19.3. The molecule has 82 valence electrons. The van der Waals surface area contributed by atoms with Crippen molar-refractivity contribution in [3.05, 3.63) is 42.0 Å². The number of hydrogen-bond acceptors (Lipinski definition) is 2. The van der Waals surface area contributed by atoms with Crippen LogP contribution in [0.2, 0.25) is 0 Å². The predicted molar refractivity (Wildman–Crippen MR) is 52.8 cm³/mol. The van der Waals surface area contributed by atoms with Crippen LogP contribution in [0.15, 0.2) is 30.6 Å². The minimum Gasteiger partial charge on any atom is -0.424 e. The van der Waals surface area contributed by atoms with E-state index in [9.17, 15) is 8.78 Å². The summed E-state index contributed by atoms with van der Waals surface area (Å²) in [6, 6.07) is 5.17. The van der Waals surface area contributed by atoms with Crippen LogP contribution in [0.4, 0.5) is 8.78 Å². The van der Waals surface area contributed by atoms with Gasteiger partial charge in [-0.05, 0) is 24.6 Å². The summed E-state index contributed by atoms with van der Waals surface area (Å²) < 4.78 is 33.1. The Kier molecular flexibility index (Phi) is 1.64. The second-order valence-electron chi connectivity index (χ2n) is 3.71. The van der Waals surface area contributed by atoms with Crippen molar-refractivity contribution in [2.45, 2.75) is 13.0 Å². The molecule has 16 heavy (non-hydrogen) atoms. The highest BCUT2D eigenvalue weighted by Gasteiger charge is 2.44. The fourth-order valence-electron chi connectivity index (χ4n) is 1.80. The molecule has 0 radical (unpaired) electrons. The predicted octanol–water partition coefficient (Wildman–Crippen LogP) is 2.62. The first kappa shape index (κ1) is 9.33. The number of nitrogens with zero attached hydrogens (tertiary/aromatic N) is 2. The second kappa shape index (κ2) is 2.81. The fourth-order valence-corrected chi connectivity index (χ4v) is 1.80. The molecule has 3 nitrogen and oxygen atoms in total. The molecule has 0 saturated carbocycles. The summed E-state index contributed by atoms with van der Waals surface area (Å²) in [6.07, 6.45) is -0.536. The van der Waals surface area contributed by atoms with E-state index >= 15 is 0 Å². The van der Waals surface area contributed by atoms with E-state index in [0.717, 1.165) is 5.56 Å². The van der Waals surface area contributed by atoms with Gasteiger partial charge in [-0.3, -0.25) is 4.57 Å². The molecule has 0 amide bonds. The van der Waals surface area contributed by atoms with Gasteiger partial charge in [0.05, 0.1) is 5.69 Å². The van der Waals surface area contributed by atoms with Crippen molar-refractivity contribution in [2.75, 3.05) is 0 Å². The van der Waals surface area contributed by atoms with E-state index in [1.807, 2.05) is 13.0 Å². The molecule has 1 aromatic carbocycles. The number of halogens is 2. The lowest BCUT2D eigenvalue weighted by molar-refractivity contribution is -0.197. The van der Waals surface area contributed by atoms with Gasteiger partial charge in [-0.2, -0.15) is 8.78 Å². The molecule has 0 unspecified atom stereocenters. The molecule has 1 aliphatic heterocycles. The molecule has 1 aliphatic rings. The normalized spacial score (nSPS) is 16.2. The number of rotatable bonds is 0. The van der Waals surface area contributed by atoms with Gasteiger partial charge in [0.1, 0.15) is 0 Å². The van der Waals surface area contributed by atoms with Crippen LogP contribution in [-0.2, 0) is 6.11 Å². The van der Waals surface area contributed by atoms with E-state index in [4.69, 9.17) is 0 Å². The van der Waals surface area contributed by atoms with Crippen LogP contribution in [0.25, 0.3) is 5.69 Å². The maximum Gasteiger partial charge on any atom is 0.461 e. The van der Waals surface area contributed by atoms with E-state index in [2.05, 4.69) is 9.72 Å². The molecule has 0 atom stereocenters. The van der Waals surface area contributed by atoms with Crippen molar-refractivity contribution < 1.29 is 13.5 Å². The Morgan fingerprint density at radius 2 is 2.19 bits per heavy atom. The summed E-state index contributed by atoms with van der Waals surface area (Å²) in [4.78, 5) is 3.62. The molecule has 2 heterocycles. The number of fused-ring (bicyclic) bond motifs is 3. The van der Waals surface area contributed by atoms with Gasteiger partial charge in [-0.25, -0.2) is 4.98 Å². The molecule has 0 saturated heterocycles. The Morgan fingerprint density at radius 3 is 3.00 bits per heavy atom. The lowest BCUT2D eigenvalue weighted by Gasteiger charge is -2.26. The maximum atomic E-state index is 13.5. The van der Waals surface area contributed by atoms with Gasteiger partial charge < -0.3 is 4.74 Å². The summed E-state index contributed by atoms with van der Waals surface area (Å²) >= 11 is 0. The van der Waals surface area contributed by atoms with Gasteiger partial charge in [0.2, 0.25) is 5.82 Å². The van der Waals surface area contributed by atoms with Crippen LogP contribution >= 0.6 is 0 Å². The van der Waals surface area contributed by atoms with Gasteiger partial charge in [0.15, 0.2) is 5.75 Å². The van der Waals surface area contributed by atoms with Crippen molar-refractivity contribution in [1.82, 2.24) is 9.55 Å². The molecular formula is C11H8F2N2O. The molecule has 5 heteroatoms. The van der Waals surface area contributed by atoms with E-state index in [1.54, 1.807) is 12.1 Å². The average Bonchev–Trinajstić information content (AvgIpc) is 2.65. The highest BCUT2D eigenvalue weighted by molar-refractivity contribution is 5.51. The summed E-state index contributed by atoms with van der Waals surface area (Å²) in [5, 5.41) is 0. The number of hydrogen-bond donors (Lipinski definition) is 0. The zero-order chi connectivity index (χ0) is 11.3. The summed E-state index contributed by atoms with van der Waals surface area (Å²) in [5.41, 5.74) is 1.46. The molecule has 1 aromatic heterocycles. The topological polar surface area (TPSA) is 27.1 Å². The van der Waals surface area contributed by atoms with Crippen LogP contribution < -0.4 is 4.74 Å². The number of benzene rings is 1. The third kappa shape index (κ3) is 1.14. The van der Waals surface area contributed by atoms with Gasteiger partial charge >= 0.3 is 6.11 Å². The molecule has 0 N–H and O–H groups in total. The van der Waals surface area contributed by atoms with Crippen LogP contribution in [0.3, 0.4) is 0 Å². The van der Waals surface area contributed by atoms with E-state index in [0.29, 0.717) is 5.69 Å². The van der Waals surface area contributed by atoms with Crippen LogP contribution in [-0.4, -0.2) is 9.55 Å². The molecule has 0 fully saturated rings. The van der Waals surface area contributed by atoms with Crippen molar-refractivity contribution in [3.63, 3.8) is 0 Å². The summed E-state index contributed by atoms with van der Waals surface area (Å²) in [6.45, 7) is 1.82. The number of ether oxygens (including phenoxy) is 1. The minimum atomic E-state index is -3.37. The number of aromatic nitrogens is 2. The first-order valence-corrected chi connectivity index (χ1v) is 4.79. The standard InChI is InChI=1S/C11H8F2N2O/c1-7-2-3-8-9(6-7)16-11(12,13)10-14-4-5-15(8)10/h2-6H,1H3. The largest absolute Gasteiger partial charge is 0.461 e. The van der Waals surface area contributed by atoms with E-state index in [-0.39, 0.29) is 11.6 Å². The SMILES string of the molecule is Cc1ccc2c(c1)OC(F)(F)c1nccn1-2. The smallest absolute Gasteiger partial charge is 0.424 e. The number of aryl methyl sites for hydroxylation is 1. The van der Waals surface area contributed by atoms with Crippen molar-refractivity contribution in [2.24, 2.45) is 0 Å². The monoisotopic (exact) mass is 222 g/mol. The van der Waals surface area contributed by atoms with Gasteiger partial charge in [-0.1, -0.05) is 6.07 Å². The van der Waals surface area contributed by atoms with Gasteiger partial charge in [0, 0.05) is 12.4 Å². The Bertz CT molecular complexity index is 563. The van der Waals surface area contributed by atoms with Crippen molar-refractivity contribution in [1.29, 1.82) is 0 Å². The van der Waals surface area contributed by atoms with E-state index in [1.165, 1.54) is 17.0 Å². The molecule has 2 aromatic rings. The molecule has 0 aliphatic carbocycles. The first-order valence-electron chi connectivity index (χ1n) is 4.79. The van der Waals surface area contributed by atoms with Crippen LogP contribution in [0, 0.1) is 6.92 Å². The van der Waals surface area contributed by atoms with Crippen molar-refractivity contribution >= 4 is 0 Å². The molecule has 0 spiro atoms. The number of imidazole rings is 1. The van der Waals surface area contributed by atoms with E-state index < -0.39 is 6.11 Å². The van der Waals surface area contributed by atoms with Crippen LogP contribution in [0.1, 0.15) is 11.4 Å². The second-order valence-corrected chi connectivity index (χ2v) is 3.71. The fraction of sp³-hybridized carbons (Fsp3) is 0.182. The Balaban J connectivity index is 2.30. The Labute approximate surface area is 90.3 Å². The Morgan fingerprint density at radius 1 is 1.38 bits per heavy atom. The van der Waals surface area contributed by atoms with Crippen molar-refractivity contribution in [3.8, 4) is 11.4 Å². The first-order chi connectivity index (χ1) is 7.58. The maximum absolute atomic E-state index is 13.5. The third-order valence-electron chi connectivity index (χ3n) is 2.51. The molecular weight excluding hydrogens is 214 g/mol. The van der Waals surface area contributed by atoms with Gasteiger partial charge in [-0.15, -0.1) is 0 Å². The minimum absolute atomic E-state index is 0.176. The summed E-state index contributed by atoms with van der Waals surface area (Å²) in [7, 11) is 0. The number of alkyl halides is 2. The Hall–Kier alpha value is -1.91. The quantitative estimate of drug-likeness (QED) is 0.685. The third-order valence-corrected chi connectivity index (χ3v) is 2.51. The molecule has 0 bridgehead atoms. The van der Waals surface area contributed by atoms with Gasteiger partial charge in [0.25, 0.3) is 0 Å². The zero-order valence-corrected chi connectivity index (χ0v) is 8.45. The average molecular weight is 222 g/mol. The highest BCUT2D eigenvalue weighted by Crippen LogP contribution is 2.40. The van der Waals surface area contributed by atoms with Crippen LogP contribution in [0.5, 0.6) is 5.75 Å².